The second-order valence-electron chi connectivity index (χ2n) is 5.86. The Hall–Kier alpha value is -2.47. The number of rotatable bonds is 6. The van der Waals surface area contributed by atoms with Crippen LogP contribution in [0.25, 0.3) is 5.65 Å². The molecule has 0 spiro atoms. The van der Waals surface area contributed by atoms with E-state index in [9.17, 15) is 0 Å². The molecule has 1 aromatic carbocycles. The van der Waals surface area contributed by atoms with Crippen LogP contribution in [0.3, 0.4) is 0 Å². The van der Waals surface area contributed by atoms with Crippen molar-refractivity contribution >= 4 is 11.3 Å². The van der Waals surface area contributed by atoms with Crippen LogP contribution in [-0.4, -0.2) is 38.8 Å². The van der Waals surface area contributed by atoms with Gasteiger partial charge in [0.05, 0.1) is 11.4 Å². The monoisotopic (exact) mass is 310 g/mol. The van der Waals surface area contributed by atoms with E-state index < -0.39 is 0 Å². The van der Waals surface area contributed by atoms with Crippen LogP contribution in [0.5, 0.6) is 0 Å². The molecule has 120 valence electrons. The van der Waals surface area contributed by atoms with Gasteiger partial charge in [-0.25, -0.2) is 0 Å². The SMILES string of the molecule is CCc1cc(NCc2ccccc2CN(C)C)c2nncn2n1. The first kappa shape index (κ1) is 15.4. The molecule has 0 aliphatic rings. The Bertz CT molecular complexity index is 793. The van der Waals surface area contributed by atoms with Crippen LogP contribution in [0.4, 0.5) is 5.69 Å². The average Bonchev–Trinajstić information content (AvgIpc) is 3.01. The number of aromatic nitrogens is 4. The molecule has 0 amide bonds. The maximum absolute atomic E-state index is 4.47. The lowest BCUT2D eigenvalue weighted by atomic mass is 10.1. The number of benzene rings is 1. The molecule has 6 heteroatoms. The Morgan fingerprint density at radius 3 is 2.70 bits per heavy atom. The standard InChI is InChI=1S/C17H22N6/c1-4-15-9-16(17-20-19-12-23(17)21-15)18-10-13-7-5-6-8-14(13)11-22(2)3/h5-9,12,18H,4,10-11H2,1-3H3. The smallest absolute Gasteiger partial charge is 0.200 e. The lowest BCUT2D eigenvalue weighted by Crippen LogP contribution is -2.13. The molecular weight excluding hydrogens is 288 g/mol. The van der Waals surface area contributed by atoms with Gasteiger partial charge in [-0.05, 0) is 37.7 Å². The van der Waals surface area contributed by atoms with Crippen LogP contribution in [0.1, 0.15) is 23.7 Å². The first-order valence-corrected chi connectivity index (χ1v) is 7.82. The van der Waals surface area contributed by atoms with E-state index in [2.05, 4.69) is 76.9 Å². The molecule has 1 N–H and O–H groups in total. The number of hydrogen-bond acceptors (Lipinski definition) is 5. The van der Waals surface area contributed by atoms with E-state index in [1.54, 1.807) is 10.8 Å². The minimum atomic E-state index is 0.750. The summed E-state index contributed by atoms with van der Waals surface area (Å²) in [4.78, 5) is 2.18. The third kappa shape index (κ3) is 3.48. The van der Waals surface area contributed by atoms with Crippen LogP contribution in [0, 0.1) is 0 Å². The van der Waals surface area contributed by atoms with Crippen molar-refractivity contribution in [3.05, 3.63) is 53.5 Å². The molecule has 0 atom stereocenters. The third-order valence-electron chi connectivity index (χ3n) is 3.75. The molecule has 3 rings (SSSR count). The zero-order chi connectivity index (χ0) is 16.2. The fourth-order valence-electron chi connectivity index (χ4n) is 2.60. The Balaban J connectivity index is 1.85. The van der Waals surface area contributed by atoms with Gasteiger partial charge in [0.1, 0.15) is 6.33 Å². The Morgan fingerprint density at radius 2 is 1.96 bits per heavy atom. The zero-order valence-electron chi connectivity index (χ0n) is 13.8. The van der Waals surface area contributed by atoms with Crippen molar-refractivity contribution in [2.24, 2.45) is 0 Å². The largest absolute Gasteiger partial charge is 0.378 e. The predicted octanol–water partition coefficient (Wildman–Crippen LogP) is 2.36. The average molecular weight is 310 g/mol. The minimum absolute atomic E-state index is 0.750. The normalized spacial score (nSPS) is 11.3. The maximum Gasteiger partial charge on any atom is 0.200 e. The van der Waals surface area contributed by atoms with Crippen LogP contribution >= 0.6 is 0 Å². The first-order valence-electron chi connectivity index (χ1n) is 7.82. The zero-order valence-corrected chi connectivity index (χ0v) is 13.8. The van der Waals surface area contributed by atoms with Gasteiger partial charge in [-0.1, -0.05) is 31.2 Å². The molecule has 3 aromatic rings. The summed E-state index contributed by atoms with van der Waals surface area (Å²) in [5.41, 5.74) is 5.35. The van der Waals surface area contributed by atoms with Crippen molar-refractivity contribution in [2.75, 3.05) is 19.4 Å². The van der Waals surface area contributed by atoms with E-state index in [0.29, 0.717) is 0 Å². The van der Waals surface area contributed by atoms with Gasteiger partial charge in [0.15, 0.2) is 0 Å². The van der Waals surface area contributed by atoms with Crippen molar-refractivity contribution in [1.29, 1.82) is 0 Å². The van der Waals surface area contributed by atoms with Gasteiger partial charge < -0.3 is 10.2 Å². The molecule has 6 nitrogen and oxygen atoms in total. The molecule has 0 saturated carbocycles. The molecule has 2 heterocycles. The predicted molar refractivity (Wildman–Crippen MR) is 91.3 cm³/mol. The van der Waals surface area contributed by atoms with Gasteiger partial charge in [-0.15, -0.1) is 10.2 Å². The third-order valence-corrected chi connectivity index (χ3v) is 3.75. The van der Waals surface area contributed by atoms with Crippen molar-refractivity contribution in [3.63, 3.8) is 0 Å². The van der Waals surface area contributed by atoms with Gasteiger partial charge in [0, 0.05) is 13.1 Å². The Kier molecular flexibility index (Phi) is 4.52. The molecule has 0 radical (unpaired) electrons. The van der Waals surface area contributed by atoms with Crippen molar-refractivity contribution < 1.29 is 0 Å². The van der Waals surface area contributed by atoms with E-state index in [1.165, 1.54) is 11.1 Å². The lowest BCUT2D eigenvalue weighted by Gasteiger charge is -2.15. The summed E-state index contributed by atoms with van der Waals surface area (Å²) in [7, 11) is 4.17. The summed E-state index contributed by atoms with van der Waals surface area (Å²) < 4.78 is 1.73. The summed E-state index contributed by atoms with van der Waals surface area (Å²) in [6, 6.07) is 10.6. The number of nitrogens with one attached hydrogen (secondary N) is 1. The van der Waals surface area contributed by atoms with Crippen LogP contribution in [0.2, 0.25) is 0 Å². The van der Waals surface area contributed by atoms with Crippen molar-refractivity contribution in [3.8, 4) is 0 Å². The van der Waals surface area contributed by atoms with Crippen molar-refractivity contribution in [1.82, 2.24) is 24.7 Å². The van der Waals surface area contributed by atoms with Gasteiger partial charge >= 0.3 is 0 Å². The first-order chi connectivity index (χ1) is 11.2. The fourth-order valence-corrected chi connectivity index (χ4v) is 2.60. The molecular formula is C17H22N6. The van der Waals surface area contributed by atoms with Crippen LogP contribution in [0.15, 0.2) is 36.7 Å². The Labute approximate surface area is 136 Å². The van der Waals surface area contributed by atoms with E-state index in [4.69, 9.17) is 0 Å². The summed E-state index contributed by atoms with van der Waals surface area (Å²) >= 11 is 0. The number of anilines is 1. The number of aryl methyl sites for hydroxylation is 1. The van der Waals surface area contributed by atoms with Gasteiger partial charge in [0.25, 0.3) is 0 Å². The molecule has 2 aromatic heterocycles. The Morgan fingerprint density at radius 1 is 1.17 bits per heavy atom. The lowest BCUT2D eigenvalue weighted by molar-refractivity contribution is 0.401. The second kappa shape index (κ2) is 6.75. The molecule has 0 saturated heterocycles. The summed E-state index contributed by atoms with van der Waals surface area (Å²) in [5, 5.41) is 16.1. The minimum Gasteiger partial charge on any atom is -0.378 e. The molecule has 0 unspecified atom stereocenters. The molecule has 0 fully saturated rings. The van der Waals surface area contributed by atoms with E-state index in [-0.39, 0.29) is 0 Å². The molecule has 0 aliphatic carbocycles. The summed E-state index contributed by atoms with van der Waals surface area (Å²) in [6.45, 7) is 3.77. The van der Waals surface area contributed by atoms with E-state index >= 15 is 0 Å². The fraction of sp³-hybridized carbons (Fsp3) is 0.353. The molecule has 0 aliphatic heterocycles. The van der Waals surface area contributed by atoms with Gasteiger partial charge in [-0.2, -0.15) is 9.61 Å². The molecule has 0 bridgehead atoms. The van der Waals surface area contributed by atoms with E-state index in [1.807, 2.05) is 0 Å². The summed E-state index contributed by atoms with van der Waals surface area (Å²) in [5.74, 6) is 0. The quantitative estimate of drug-likeness (QED) is 0.757. The van der Waals surface area contributed by atoms with Crippen molar-refractivity contribution in [2.45, 2.75) is 26.4 Å². The summed E-state index contributed by atoms with van der Waals surface area (Å²) in [6.07, 6.45) is 2.51. The highest BCUT2D eigenvalue weighted by Gasteiger charge is 2.08. The van der Waals surface area contributed by atoms with Crippen LogP contribution < -0.4 is 5.32 Å². The number of nitrogens with zero attached hydrogens (tertiary/aromatic N) is 5. The molecule has 23 heavy (non-hydrogen) atoms. The highest BCUT2D eigenvalue weighted by molar-refractivity contribution is 5.66. The van der Waals surface area contributed by atoms with Gasteiger partial charge in [0.2, 0.25) is 5.65 Å². The topological polar surface area (TPSA) is 58.3 Å². The number of fused-ring (bicyclic) bond motifs is 1. The van der Waals surface area contributed by atoms with Crippen LogP contribution in [-0.2, 0) is 19.5 Å². The second-order valence-corrected chi connectivity index (χ2v) is 5.86. The maximum atomic E-state index is 4.47. The highest BCUT2D eigenvalue weighted by Crippen LogP contribution is 2.18. The number of hydrogen-bond donors (Lipinski definition) is 1. The van der Waals surface area contributed by atoms with Gasteiger partial charge in [-0.3, -0.25) is 0 Å². The van der Waals surface area contributed by atoms with E-state index in [0.717, 1.165) is 36.5 Å². The highest BCUT2D eigenvalue weighted by atomic mass is 15.3.